The average Bonchev–Trinajstić information content (AvgIpc) is 3.92. The van der Waals surface area contributed by atoms with E-state index in [1.807, 2.05) is 6.08 Å². The van der Waals surface area contributed by atoms with Crippen LogP contribution in [0.25, 0.3) is 0 Å². The monoisotopic (exact) mass is 850 g/mol. The smallest absolute Gasteiger partial charge is 0.466 e. The van der Waals surface area contributed by atoms with Crippen molar-refractivity contribution in [2.24, 2.45) is 5.73 Å². The lowest BCUT2D eigenvalue weighted by Gasteiger charge is -2.19. The first kappa shape index (κ1) is 52.6. The molecule has 1 aliphatic heterocycles. The van der Waals surface area contributed by atoms with E-state index in [1.54, 1.807) is 0 Å². The summed E-state index contributed by atoms with van der Waals surface area (Å²) in [6.45, 7) is 7.93. The van der Waals surface area contributed by atoms with Crippen molar-refractivity contribution in [3.05, 3.63) is 59.1 Å². The maximum Gasteiger partial charge on any atom is 0.472 e. The molecular weight excluding hydrogens is 769 g/mol. The van der Waals surface area contributed by atoms with Crippen molar-refractivity contribution in [1.29, 1.82) is 0 Å². The van der Waals surface area contributed by atoms with Gasteiger partial charge in [-0.05, 0) is 82.8 Å². The maximum atomic E-state index is 12.6. The van der Waals surface area contributed by atoms with Gasteiger partial charge < -0.3 is 29.3 Å². The van der Waals surface area contributed by atoms with Crippen LogP contribution in [0.1, 0.15) is 178 Å². The summed E-state index contributed by atoms with van der Waals surface area (Å²) in [5.41, 5.74) is 8.01. The molecule has 2 heterocycles. The average molecular weight is 850 g/mol. The van der Waals surface area contributed by atoms with Gasteiger partial charge in [0.2, 0.25) is 0 Å². The molecule has 3 N–H and O–H groups in total. The molecule has 3 unspecified atom stereocenters. The van der Waals surface area contributed by atoms with Gasteiger partial charge in [0.15, 0.2) is 6.10 Å². The largest absolute Gasteiger partial charge is 0.472 e. The molecule has 338 valence electrons. The minimum Gasteiger partial charge on any atom is -0.466 e. The Hall–Kier alpha value is -2.53. The molecule has 0 bridgehead atoms. The van der Waals surface area contributed by atoms with E-state index in [2.05, 4.69) is 58.1 Å². The fraction of sp³-hybridized carbons (Fsp3) is 0.745. The number of hydrogen-bond acceptors (Lipinski definition) is 10. The van der Waals surface area contributed by atoms with E-state index in [9.17, 15) is 19.0 Å². The highest BCUT2D eigenvalue weighted by molar-refractivity contribution is 7.47. The summed E-state index contributed by atoms with van der Waals surface area (Å²) in [6, 6.07) is 0. The number of hydrogen-bond donors (Lipinski definition) is 2. The van der Waals surface area contributed by atoms with E-state index in [1.165, 1.54) is 81.1 Å². The van der Waals surface area contributed by atoms with Crippen molar-refractivity contribution in [3.8, 4) is 0 Å². The third-order valence-electron chi connectivity index (χ3n) is 10.7. The number of carbonyl (C=O) groups is 2. The van der Waals surface area contributed by atoms with Gasteiger partial charge in [0.25, 0.3) is 0 Å². The van der Waals surface area contributed by atoms with Gasteiger partial charge in [0.05, 0.1) is 25.4 Å². The molecule has 0 saturated carbocycles. The number of phosphoric ester groups is 1. The second-order valence-electron chi connectivity index (χ2n) is 15.9. The number of allylic oxidation sites excluding steroid dienone is 5. The molecule has 0 aromatic carbocycles. The number of ether oxygens (including phenoxy) is 3. The van der Waals surface area contributed by atoms with Crippen LogP contribution < -0.4 is 5.73 Å². The quantitative estimate of drug-likeness (QED) is 0.0214. The van der Waals surface area contributed by atoms with E-state index in [4.69, 9.17) is 33.4 Å². The third kappa shape index (κ3) is 26.4. The van der Waals surface area contributed by atoms with Crippen LogP contribution in [0.5, 0.6) is 0 Å². The summed E-state index contributed by atoms with van der Waals surface area (Å²) >= 11 is 0. The van der Waals surface area contributed by atoms with Crippen molar-refractivity contribution in [1.82, 2.24) is 0 Å². The van der Waals surface area contributed by atoms with Crippen LogP contribution in [0.15, 0.2) is 40.9 Å². The number of aryl methyl sites for hydroxylation is 2. The molecule has 0 aliphatic carbocycles. The molecule has 0 spiro atoms. The van der Waals surface area contributed by atoms with E-state index in [0.29, 0.717) is 31.5 Å². The van der Waals surface area contributed by atoms with Crippen LogP contribution in [0.4, 0.5) is 0 Å². The molecule has 0 amide bonds. The summed E-state index contributed by atoms with van der Waals surface area (Å²) < 4.78 is 44.8. The molecule has 2 rings (SSSR count). The fourth-order valence-electron chi connectivity index (χ4n) is 6.84. The number of esters is 2. The van der Waals surface area contributed by atoms with Gasteiger partial charge in [0, 0.05) is 32.2 Å². The lowest BCUT2D eigenvalue weighted by atomic mass is 10.0. The molecule has 1 aromatic rings. The normalized spacial score (nSPS) is 17.0. The van der Waals surface area contributed by atoms with Crippen molar-refractivity contribution in [2.45, 2.75) is 200 Å². The minimum atomic E-state index is -4.41. The first-order chi connectivity index (χ1) is 28.6. The van der Waals surface area contributed by atoms with Crippen LogP contribution in [0.2, 0.25) is 0 Å². The number of rotatable bonds is 38. The summed E-state index contributed by atoms with van der Waals surface area (Å²) in [5, 5.41) is 0. The van der Waals surface area contributed by atoms with E-state index in [0.717, 1.165) is 63.5 Å². The Bertz CT molecular complexity index is 1400. The van der Waals surface area contributed by atoms with Crippen molar-refractivity contribution < 1.29 is 46.7 Å². The molecule has 59 heavy (non-hydrogen) atoms. The fourth-order valence-corrected chi connectivity index (χ4v) is 7.61. The van der Waals surface area contributed by atoms with Crippen LogP contribution in [-0.2, 0) is 50.3 Å². The van der Waals surface area contributed by atoms with Crippen molar-refractivity contribution in [3.63, 3.8) is 0 Å². The number of furan rings is 1. The lowest BCUT2D eigenvalue weighted by molar-refractivity contribution is -0.161. The van der Waals surface area contributed by atoms with Crippen LogP contribution in [0, 0.1) is 13.8 Å². The van der Waals surface area contributed by atoms with Crippen molar-refractivity contribution >= 4 is 19.8 Å². The van der Waals surface area contributed by atoms with E-state index in [-0.39, 0.29) is 32.6 Å². The van der Waals surface area contributed by atoms with Gasteiger partial charge >= 0.3 is 19.8 Å². The second-order valence-corrected chi connectivity index (χ2v) is 17.3. The molecule has 1 fully saturated rings. The van der Waals surface area contributed by atoms with Gasteiger partial charge in [-0.2, -0.15) is 0 Å². The van der Waals surface area contributed by atoms with Gasteiger partial charge in [-0.15, -0.1) is 0 Å². The number of nitrogens with two attached hydrogens (primary N) is 1. The zero-order valence-electron chi connectivity index (χ0n) is 37.1. The Morgan fingerprint density at radius 1 is 0.712 bits per heavy atom. The first-order valence-electron chi connectivity index (χ1n) is 22.9. The third-order valence-corrected chi connectivity index (χ3v) is 11.6. The molecule has 4 atom stereocenters. The maximum absolute atomic E-state index is 12.6. The summed E-state index contributed by atoms with van der Waals surface area (Å²) in [4.78, 5) is 35.0. The van der Waals surface area contributed by atoms with Gasteiger partial charge in [-0.25, -0.2) is 4.57 Å². The second kappa shape index (κ2) is 33.1. The highest BCUT2D eigenvalue weighted by atomic mass is 31.2. The Balaban J connectivity index is 1.58. The molecule has 1 saturated heterocycles. The van der Waals surface area contributed by atoms with E-state index < -0.39 is 32.5 Å². The topological polar surface area (TPSA) is 160 Å². The van der Waals surface area contributed by atoms with Crippen LogP contribution in [-0.4, -0.2) is 61.5 Å². The summed E-state index contributed by atoms with van der Waals surface area (Å²) in [7, 11) is -4.41. The van der Waals surface area contributed by atoms with E-state index >= 15 is 0 Å². The van der Waals surface area contributed by atoms with Crippen molar-refractivity contribution in [2.75, 3.05) is 26.4 Å². The predicted molar refractivity (Wildman–Crippen MR) is 236 cm³/mol. The number of carbonyl (C=O) groups excluding carboxylic acids is 2. The molecule has 1 aromatic heterocycles. The van der Waals surface area contributed by atoms with Crippen LogP contribution in [0.3, 0.4) is 0 Å². The predicted octanol–water partition coefficient (Wildman–Crippen LogP) is 11.6. The number of epoxide rings is 1. The molecule has 11 nitrogen and oxygen atoms in total. The zero-order chi connectivity index (χ0) is 43.0. The van der Waals surface area contributed by atoms with Gasteiger partial charge in [-0.1, -0.05) is 121 Å². The summed E-state index contributed by atoms with van der Waals surface area (Å²) in [5.74, 6) is 1.41. The molecule has 12 heteroatoms. The highest BCUT2D eigenvalue weighted by Crippen LogP contribution is 2.43. The highest BCUT2D eigenvalue weighted by Gasteiger charge is 2.36. The van der Waals surface area contributed by atoms with Gasteiger partial charge in [-0.3, -0.25) is 18.6 Å². The number of unbranched alkanes of at least 4 members (excludes halogenated alkanes) is 12. The Morgan fingerprint density at radius 2 is 1.29 bits per heavy atom. The Morgan fingerprint density at radius 3 is 1.95 bits per heavy atom. The number of phosphoric acid groups is 1. The Kier molecular flexibility index (Phi) is 29.6. The summed E-state index contributed by atoms with van der Waals surface area (Å²) in [6.07, 6.45) is 36.1. The molecule has 0 radical (unpaired) electrons. The van der Waals surface area contributed by atoms with Gasteiger partial charge in [0.1, 0.15) is 18.1 Å². The zero-order valence-corrected chi connectivity index (χ0v) is 38.0. The SMILES string of the molecule is CCCCCc1oc(CCCCCCCCCCC(=O)OC[C@H](COP(=O)(O)OCCN)OC(=O)CCC/C=C\C/C=C\C/C=C\CC2OC2CCCCC)c(C)c1C. The Labute approximate surface area is 356 Å². The minimum absolute atomic E-state index is 0.0359. The molecular formula is C47H80NO10P. The molecule has 1 aliphatic rings. The standard InChI is InChI=1S/C47H80NO10P/c1-5-7-23-29-42-39(3)40(4)43(57-42)30-25-19-15-13-14-17-21-27-33-46(49)53-37-41(38-55-59(51,52)54-36-35-48)56-47(50)34-28-22-18-12-10-9-11-16-20-26-32-45-44(58-45)31-24-8-6-2/h9,11-12,18,20,26,41,44-45H,5-8,10,13-17,19,21-25,27-38,48H2,1-4H3,(H,51,52)/b11-9-,18-12-,26-20-/t41-,44?,45?/m1/s1. The van der Waals surface area contributed by atoms with Crippen LogP contribution >= 0.6 is 7.82 Å². The lowest BCUT2D eigenvalue weighted by Crippen LogP contribution is -2.29. The first-order valence-corrected chi connectivity index (χ1v) is 24.4.